The molecule has 5 nitrogen and oxygen atoms in total. The predicted octanol–water partition coefficient (Wildman–Crippen LogP) is -1.37. The largest absolute Gasteiger partial charge is 0.395 e. The zero-order valence-electron chi connectivity index (χ0n) is 4.55. The molecule has 0 spiro atoms. The average molecular weight is 130 g/mol. The summed E-state index contributed by atoms with van der Waals surface area (Å²) in [6.07, 6.45) is 0. The second-order valence-corrected chi connectivity index (χ2v) is 1.67. The maximum atomic E-state index is 10.5. The molecule has 1 aliphatic rings. The Hall–Kier alpha value is -1.10. The third kappa shape index (κ3) is 0.857. The van der Waals surface area contributed by atoms with Gasteiger partial charge in [-0.1, -0.05) is 0 Å². The van der Waals surface area contributed by atoms with Gasteiger partial charge in [-0.05, 0) is 0 Å². The predicted molar refractivity (Wildman–Crippen MR) is 27.5 cm³/mol. The number of hydrogen-bond donors (Lipinski definition) is 3. The van der Waals surface area contributed by atoms with Crippen LogP contribution in [-0.4, -0.2) is 23.5 Å². The monoisotopic (exact) mass is 130 g/mol. The number of nitrogens with one attached hydrogen (secondary N) is 2. The summed E-state index contributed by atoms with van der Waals surface area (Å²) < 4.78 is 0. The molecule has 5 heteroatoms. The molecule has 9 heavy (non-hydrogen) atoms. The third-order valence-electron chi connectivity index (χ3n) is 1.08. The minimum absolute atomic E-state index is 0.220. The van der Waals surface area contributed by atoms with Crippen molar-refractivity contribution in [3.05, 3.63) is 0 Å². The van der Waals surface area contributed by atoms with Crippen molar-refractivity contribution in [2.75, 3.05) is 6.61 Å². The third-order valence-corrected chi connectivity index (χ3v) is 1.08. The first kappa shape index (κ1) is 6.03. The van der Waals surface area contributed by atoms with Crippen molar-refractivity contribution in [2.45, 2.75) is 0 Å². The van der Waals surface area contributed by atoms with Gasteiger partial charge < -0.3 is 9.94 Å². The standard InChI is InChI=1S/C4H6N2O3/c5-3-2(1-7)4(8)6-9-3/h2,5,7H,1H2,(H,6,8). The lowest BCUT2D eigenvalue weighted by atomic mass is 10.2. The Bertz CT molecular complexity index is 140. The quantitative estimate of drug-likeness (QED) is 0.409. The molecule has 1 heterocycles. The number of amides is 1. The van der Waals surface area contributed by atoms with Gasteiger partial charge >= 0.3 is 0 Å². The molecular weight excluding hydrogens is 124 g/mol. The Morgan fingerprint density at radius 3 is 2.78 bits per heavy atom. The number of aliphatic hydroxyl groups is 1. The summed E-state index contributed by atoms with van der Waals surface area (Å²) in [6, 6.07) is 0. The minimum Gasteiger partial charge on any atom is -0.395 e. The highest BCUT2D eigenvalue weighted by Gasteiger charge is 2.31. The van der Waals surface area contributed by atoms with Crippen molar-refractivity contribution in [2.24, 2.45) is 5.92 Å². The highest BCUT2D eigenvalue weighted by atomic mass is 16.7. The molecule has 0 aromatic rings. The van der Waals surface area contributed by atoms with Gasteiger partial charge in [-0.3, -0.25) is 10.2 Å². The summed E-state index contributed by atoms with van der Waals surface area (Å²) in [7, 11) is 0. The Morgan fingerprint density at radius 2 is 2.56 bits per heavy atom. The summed E-state index contributed by atoms with van der Waals surface area (Å²) in [5.41, 5.74) is 1.95. The van der Waals surface area contributed by atoms with Crippen LogP contribution in [0.3, 0.4) is 0 Å². The summed E-state index contributed by atoms with van der Waals surface area (Å²) in [5.74, 6) is -1.48. The van der Waals surface area contributed by atoms with Gasteiger partial charge in [0, 0.05) is 0 Å². The van der Waals surface area contributed by atoms with Crippen LogP contribution in [0.5, 0.6) is 0 Å². The zero-order valence-corrected chi connectivity index (χ0v) is 4.55. The number of hydrogen-bond acceptors (Lipinski definition) is 4. The molecule has 1 rings (SSSR count). The Labute approximate surface area is 51.1 Å². The fourth-order valence-corrected chi connectivity index (χ4v) is 0.532. The lowest BCUT2D eigenvalue weighted by Gasteiger charge is -1.94. The summed E-state index contributed by atoms with van der Waals surface area (Å²) in [5, 5.41) is 15.3. The summed E-state index contributed by atoms with van der Waals surface area (Å²) in [6.45, 7) is -0.370. The Balaban J connectivity index is 2.66. The van der Waals surface area contributed by atoms with Crippen molar-refractivity contribution in [3.63, 3.8) is 0 Å². The van der Waals surface area contributed by atoms with E-state index in [1.807, 2.05) is 5.48 Å². The van der Waals surface area contributed by atoms with Gasteiger partial charge in [0.05, 0.1) is 6.61 Å². The van der Waals surface area contributed by atoms with E-state index in [-0.39, 0.29) is 12.5 Å². The van der Waals surface area contributed by atoms with Crippen molar-refractivity contribution in [1.29, 1.82) is 5.41 Å². The molecule has 0 saturated carbocycles. The Morgan fingerprint density at radius 1 is 1.89 bits per heavy atom. The molecule has 0 bridgehead atoms. The molecule has 1 aliphatic heterocycles. The minimum atomic E-state index is -0.801. The van der Waals surface area contributed by atoms with Crippen LogP contribution >= 0.6 is 0 Å². The lowest BCUT2D eigenvalue weighted by molar-refractivity contribution is -0.126. The second kappa shape index (κ2) is 2.02. The zero-order chi connectivity index (χ0) is 6.85. The van der Waals surface area contributed by atoms with Crippen molar-refractivity contribution >= 4 is 11.8 Å². The molecule has 1 atom stereocenters. The number of hydroxylamine groups is 1. The fraction of sp³-hybridized carbons (Fsp3) is 0.500. The number of rotatable bonds is 1. The molecule has 0 aromatic carbocycles. The van der Waals surface area contributed by atoms with Gasteiger partial charge in [-0.15, -0.1) is 0 Å². The molecular formula is C4H6N2O3. The fourth-order valence-electron chi connectivity index (χ4n) is 0.532. The maximum absolute atomic E-state index is 10.5. The SMILES string of the molecule is N=C1ONC(=O)C1CO. The first-order chi connectivity index (χ1) is 4.25. The highest BCUT2D eigenvalue weighted by molar-refractivity contribution is 6.02. The molecule has 0 radical (unpaired) electrons. The van der Waals surface area contributed by atoms with E-state index in [0.29, 0.717) is 0 Å². The van der Waals surface area contributed by atoms with E-state index >= 15 is 0 Å². The van der Waals surface area contributed by atoms with E-state index in [0.717, 1.165) is 0 Å². The maximum Gasteiger partial charge on any atom is 0.267 e. The van der Waals surface area contributed by atoms with E-state index in [4.69, 9.17) is 10.5 Å². The van der Waals surface area contributed by atoms with Gasteiger partial charge in [0.25, 0.3) is 5.91 Å². The molecule has 1 unspecified atom stereocenters. The first-order valence-corrected chi connectivity index (χ1v) is 2.41. The van der Waals surface area contributed by atoms with Gasteiger partial charge in [-0.25, -0.2) is 0 Å². The van der Waals surface area contributed by atoms with Crippen LogP contribution in [0.1, 0.15) is 0 Å². The van der Waals surface area contributed by atoms with Crippen LogP contribution in [0.25, 0.3) is 0 Å². The van der Waals surface area contributed by atoms with Crippen LogP contribution in [0.15, 0.2) is 0 Å². The van der Waals surface area contributed by atoms with Gasteiger partial charge in [0.2, 0.25) is 5.90 Å². The Kier molecular flexibility index (Phi) is 1.35. The van der Waals surface area contributed by atoms with Crippen molar-refractivity contribution < 1.29 is 14.7 Å². The smallest absolute Gasteiger partial charge is 0.267 e. The number of carbonyl (C=O) groups is 1. The van der Waals surface area contributed by atoms with E-state index in [2.05, 4.69) is 4.84 Å². The summed E-state index contributed by atoms with van der Waals surface area (Å²) in [4.78, 5) is 14.8. The van der Waals surface area contributed by atoms with E-state index in [9.17, 15) is 4.79 Å². The van der Waals surface area contributed by atoms with Gasteiger partial charge in [-0.2, -0.15) is 5.48 Å². The molecule has 0 aliphatic carbocycles. The van der Waals surface area contributed by atoms with Crippen LogP contribution < -0.4 is 5.48 Å². The molecule has 3 N–H and O–H groups in total. The van der Waals surface area contributed by atoms with Crippen molar-refractivity contribution in [1.82, 2.24) is 5.48 Å². The van der Waals surface area contributed by atoms with Crippen LogP contribution in [-0.2, 0) is 9.63 Å². The normalized spacial score (nSPS) is 25.7. The second-order valence-electron chi connectivity index (χ2n) is 1.67. The molecule has 0 aromatic heterocycles. The molecule has 1 saturated heterocycles. The summed E-state index contributed by atoms with van der Waals surface area (Å²) >= 11 is 0. The average Bonchev–Trinajstić information content (AvgIpc) is 2.12. The molecule has 1 fully saturated rings. The van der Waals surface area contributed by atoms with Crippen LogP contribution in [0, 0.1) is 11.3 Å². The van der Waals surface area contributed by atoms with Crippen LogP contribution in [0.2, 0.25) is 0 Å². The lowest BCUT2D eigenvalue weighted by Crippen LogP contribution is -2.22. The molecule has 1 amide bonds. The number of aliphatic hydroxyl groups excluding tert-OH is 1. The van der Waals surface area contributed by atoms with Gasteiger partial charge in [0.15, 0.2) is 0 Å². The topological polar surface area (TPSA) is 82.4 Å². The highest BCUT2D eigenvalue weighted by Crippen LogP contribution is 2.04. The van der Waals surface area contributed by atoms with Crippen LogP contribution in [0.4, 0.5) is 0 Å². The first-order valence-electron chi connectivity index (χ1n) is 2.41. The van der Waals surface area contributed by atoms with Crippen molar-refractivity contribution in [3.8, 4) is 0 Å². The van der Waals surface area contributed by atoms with E-state index < -0.39 is 11.8 Å². The number of carbonyl (C=O) groups excluding carboxylic acids is 1. The van der Waals surface area contributed by atoms with Gasteiger partial charge in [0.1, 0.15) is 5.92 Å². The van der Waals surface area contributed by atoms with E-state index in [1.54, 1.807) is 0 Å². The molecule has 50 valence electrons. The van der Waals surface area contributed by atoms with E-state index in [1.165, 1.54) is 0 Å².